The summed E-state index contributed by atoms with van der Waals surface area (Å²) in [5, 5.41) is 0. The number of Topliss-reactive ketones (excluding diaryl/α,β-unsaturated/α-hetero) is 1. The van der Waals surface area contributed by atoms with Crippen molar-refractivity contribution in [3.63, 3.8) is 0 Å². The molecule has 0 aromatic rings. The van der Waals surface area contributed by atoms with E-state index in [0.717, 1.165) is 45.3 Å². The molecule has 0 amide bonds. The molecule has 0 spiro atoms. The standard InChI is InChI=1S/C13H22O3/c14-12-5-3-1-2-4-11(10-12)6-7-13-15-8-9-16-13/h11,13H,1-10H2. The highest BCUT2D eigenvalue weighted by Crippen LogP contribution is 2.25. The van der Waals surface area contributed by atoms with Crippen LogP contribution >= 0.6 is 0 Å². The van der Waals surface area contributed by atoms with Crippen molar-refractivity contribution in [3.8, 4) is 0 Å². The summed E-state index contributed by atoms with van der Waals surface area (Å²) < 4.78 is 10.8. The molecule has 1 heterocycles. The molecule has 1 saturated carbocycles. The molecule has 16 heavy (non-hydrogen) atoms. The monoisotopic (exact) mass is 226 g/mol. The second kappa shape index (κ2) is 6.36. The molecule has 0 aromatic heterocycles. The topological polar surface area (TPSA) is 35.5 Å². The minimum atomic E-state index is 0.000502. The van der Waals surface area contributed by atoms with Crippen LogP contribution < -0.4 is 0 Å². The van der Waals surface area contributed by atoms with E-state index >= 15 is 0 Å². The van der Waals surface area contributed by atoms with Crippen molar-refractivity contribution in [3.05, 3.63) is 0 Å². The van der Waals surface area contributed by atoms with E-state index in [4.69, 9.17) is 9.47 Å². The fourth-order valence-corrected chi connectivity index (χ4v) is 2.65. The molecule has 3 heteroatoms. The van der Waals surface area contributed by atoms with Crippen LogP contribution in [0.1, 0.15) is 51.4 Å². The van der Waals surface area contributed by atoms with Crippen LogP contribution in [0.15, 0.2) is 0 Å². The van der Waals surface area contributed by atoms with Crippen LogP contribution in [0.5, 0.6) is 0 Å². The van der Waals surface area contributed by atoms with Gasteiger partial charge in [0.15, 0.2) is 6.29 Å². The summed E-state index contributed by atoms with van der Waals surface area (Å²) in [4.78, 5) is 11.6. The lowest BCUT2D eigenvalue weighted by Crippen LogP contribution is -2.15. The number of hydrogen-bond donors (Lipinski definition) is 0. The van der Waals surface area contributed by atoms with Gasteiger partial charge in [0, 0.05) is 12.8 Å². The first-order valence-electron chi connectivity index (χ1n) is 6.59. The number of hydrogen-bond acceptors (Lipinski definition) is 3. The van der Waals surface area contributed by atoms with Crippen LogP contribution in [0, 0.1) is 5.92 Å². The zero-order valence-corrected chi connectivity index (χ0v) is 9.95. The first-order chi connectivity index (χ1) is 7.84. The summed E-state index contributed by atoms with van der Waals surface area (Å²) in [5.74, 6) is 1.03. The minimum absolute atomic E-state index is 0.000502. The number of ketones is 1. The minimum Gasteiger partial charge on any atom is -0.350 e. The SMILES string of the molecule is O=C1CCCCCC(CCC2OCCO2)C1. The highest BCUT2D eigenvalue weighted by atomic mass is 16.7. The van der Waals surface area contributed by atoms with E-state index in [1.165, 1.54) is 19.3 Å². The van der Waals surface area contributed by atoms with Crippen molar-refractivity contribution in [2.75, 3.05) is 13.2 Å². The molecule has 2 fully saturated rings. The van der Waals surface area contributed by atoms with Gasteiger partial charge < -0.3 is 9.47 Å². The Labute approximate surface area is 97.5 Å². The summed E-state index contributed by atoms with van der Waals surface area (Å²) >= 11 is 0. The molecule has 0 bridgehead atoms. The van der Waals surface area contributed by atoms with Gasteiger partial charge in [-0.3, -0.25) is 4.79 Å². The predicted molar refractivity (Wildman–Crippen MR) is 61.1 cm³/mol. The second-order valence-electron chi connectivity index (χ2n) is 4.96. The summed E-state index contributed by atoms with van der Waals surface area (Å²) in [6.07, 6.45) is 8.43. The van der Waals surface area contributed by atoms with Crippen molar-refractivity contribution >= 4 is 5.78 Å². The molecule has 1 saturated heterocycles. The van der Waals surface area contributed by atoms with Crippen molar-refractivity contribution < 1.29 is 14.3 Å². The Morgan fingerprint density at radius 1 is 1.06 bits per heavy atom. The van der Waals surface area contributed by atoms with E-state index in [1.807, 2.05) is 0 Å². The van der Waals surface area contributed by atoms with E-state index in [9.17, 15) is 4.79 Å². The third-order valence-corrected chi connectivity index (χ3v) is 3.59. The van der Waals surface area contributed by atoms with E-state index in [2.05, 4.69) is 0 Å². The maximum Gasteiger partial charge on any atom is 0.157 e. The van der Waals surface area contributed by atoms with Gasteiger partial charge in [-0.25, -0.2) is 0 Å². The number of carbonyl (C=O) groups excluding carboxylic acids is 1. The van der Waals surface area contributed by atoms with Gasteiger partial charge in [0.2, 0.25) is 0 Å². The quantitative estimate of drug-likeness (QED) is 0.742. The summed E-state index contributed by atoms with van der Waals surface area (Å²) in [7, 11) is 0. The normalized spacial score (nSPS) is 29.0. The van der Waals surface area contributed by atoms with Crippen molar-refractivity contribution in [2.24, 2.45) is 5.92 Å². The Morgan fingerprint density at radius 2 is 1.88 bits per heavy atom. The fourth-order valence-electron chi connectivity index (χ4n) is 2.65. The van der Waals surface area contributed by atoms with E-state index < -0.39 is 0 Å². The Hall–Kier alpha value is -0.410. The van der Waals surface area contributed by atoms with Gasteiger partial charge in [-0.05, 0) is 25.2 Å². The van der Waals surface area contributed by atoms with Gasteiger partial charge in [-0.2, -0.15) is 0 Å². The van der Waals surface area contributed by atoms with E-state index in [-0.39, 0.29) is 6.29 Å². The smallest absolute Gasteiger partial charge is 0.157 e. The van der Waals surface area contributed by atoms with Crippen LogP contribution in [0.2, 0.25) is 0 Å². The van der Waals surface area contributed by atoms with Crippen molar-refractivity contribution in [1.29, 1.82) is 0 Å². The van der Waals surface area contributed by atoms with Gasteiger partial charge in [0.1, 0.15) is 5.78 Å². The molecule has 3 nitrogen and oxygen atoms in total. The first kappa shape index (κ1) is 12.1. The zero-order chi connectivity index (χ0) is 11.2. The Kier molecular flexibility index (Phi) is 4.79. The summed E-state index contributed by atoms with van der Waals surface area (Å²) in [6, 6.07) is 0. The van der Waals surface area contributed by atoms with Crippen molar-refractivity contribution in [2.45, 2.75) is 57.7 Å². The van der Waals surface area contributed by atoms with Crippen LogP contribution in [-0.2, 0) is 14.3 Å². The number of ether oxygens (including phenoxy) is 2. The molecule has 0 N–H and O–H groups in total. The zero-order valence-electron chi connectivity index (χ0n) is 9.95. The van der Waals surface area contributed by atoms with Gasteiger partial charge in [0.05, 0.1) is 13.2 Å². The molecule has 2 aliphatic rings. The lowest BCUT2D eigenvalue weighted by molar-refractivity contribution is -0.120. The molecule has 0 radical (unpaired) electrons. The Morgan fingerprint density at radius 3 is 2.69 bits per heavy atom. The maximum atomic E-state index is 11.6. The molecule has 0 aromatic carbocycles. The fraction of sp³-hybridized carbons (Fsp3) is 0.923. The molecule has 1 aliphatic heterocycles. The van der Waals surface area contributed by atoms with Gasteiger partial charge in [-0.15, -0.1) is 0 Å². The van der Waals surface area contributed by atoms with Gasteiger partial charge in [0.25, 0.3) is 0 Å². The Balaban J connectivity index is 1.70. The van der Waals surface area contributed by atoms with E-state index in [1.54, 1.807) is 0 Å². The largest absolute Gasteiger partial charge is 0.350 e. The average Bonchev–Trinajstić information content (AvgIpc) is 2.74. The first-order valence-corrected chi connectivity index (χ1v) is 6.59. The third kappa shape index (κ3) is 3.87. The molecule has 92 valence electrons. The van der Waals surface area contributed by atoms with Crippen LogP contribution in [-0.4, -0.2) is 25.3 Å². The highest BCUT2D eigenvalue weighted by molar-refractivity contribution is 5.78. The summed E-state index contributed by atoms with van der Waals surface area (Å²) in [5.41, 5.74) is 0. The maximum absolute atomic E-state index is 11.6. The van der Waals surface area contributed by atoms with Crippen LogP contribution in [0.3, 0.4) is 0 Å². The Bertz CT molecular complexity index is 221. The van der Waals surface area contributed by atoms with Crippen LogP contribution in [0.25, 0.3) is 0 Å². The average molecular weight is 226 g/mol. The molecule has 2 rings (SSSR count). The number of rotatable bonds is 3. The molecular formula is C13H22O3. The van der Waals surface area contributed by atoms with Crippen molar-refractivity contribution in [1.82, 2.24) is 0 Å². The number of carbonyl (C=O) groups is 1. The van der Waals surface area contributed by atoms with Gasteiger partial charge >= 0.3 is 0 Å². The van der Waals surface area contributed by atoms with Gasteiger partial charge in [-0.1, -0.05) is 19.3 Å². The predicted octanol–water partition coefficient (Wildman–Crippen LogP) is 2.68. The lowest BCUT2D eigenvalue weighted by Gasteiger charge is -2.20. The molecule has 1 unspecified atom stereocenters. The van der Waals surface area contributed by atoms with E-state index in [0.29, 0.717) is 11.7 Å². The highest BCUT2D eigenvalue weighted by Gasteiger charge is 2.20. The molecular weight excluding hydrogens is 204 g/mol. The third-order valence-electron chi connectivity index (χ3n) is 3.59. The second-order valence-corrected chi connectivity index (χ2v) is 4.96. The molecule has 1 aliphatic carbocycles. The molecule has 1 atom stereocenters. The lowest BCUT2D eigenvalue weighted by atomic mass is 9.87. The van der Waals surface area contributed by atoms with Crippen LogP contribution in [0.4, 0.5) is 0 Å². The summed E-state index contributed by atoms with van der Waals surface area (Å²) in [6.45, 7) is 1.46.